The van der Waals surface area contributed by atoms with Crippen molar-refractivity contribution in [3.05, 3.63) is 47.5 Å². The zero-order chi connectivity index (χ0) is 13.1. The lowest BCUT2D eigenvalue weighted by atomic mass is 10.2. The van der Waals surface area contributed by atoms with Crippen LogP contribution in [0.2, 0.25) is 0 Å². The summed E-state index contributed by atoms with van der Waals surface area (Å²) in [5.41, 5.74) is 4.50. The molecule has 3 rings (SSSR count). The Kier molecular flexibility index (Phi) is 3.06. The van der Waals surface area contributed by atoms with Crippen LogP contribution in [0.5, 0.6) is 0 Å². The molecule has 2 N–H and O–H groups in total. The van der Waals surface area contributed by atoms with E-state index in [1.165, 1.54) is 19.1 Å². The van der Waals surface area contributed by atoms with Crippen LogP contribution in [-0.2, 0) is 0 Å². The lowest BCUT2D eigenvalue weighted by Crippen LogP contribution is -2.18. The second-order valence-corrected chi connectivity index (χ2v) is 4.44. The van der Waals surface area contributed by atoms with E-state index < -0.39 is 0 Å². The van der Waals surface area contributed by atoms with Crippen molar-refractivity contribution in [2.24, 2.45) is 5.10 Å². The number of nitrogens with zero attached hydrogens (tertiary/aromatic N) is 3. The standard InChI is InChI=1S/C13H13N5O/c19-13(12-7-11(16-17-12)9-4-5-9)18-15-8-10-3-1-2-6-14-10/h1-3,6-9H,4-5H2,(H,16,17)(H,18,19)/b15-8-. The Bertz CT molecular complexity index is 601. The smallest absolute Gasteiger partial charge is 0.281 e. The van der Waals surface area contributed by atoms with Crippen molar-refractivity contribution in [2.45, 2.75) is 18.8 Å². The van der Waals surface area contributed by atoms with Gasteiger partial charge in [0.25, 0.3) is 5.91 Å². The molecule has 1 amide bonds. The Morgan fingerprint density at radius 1 is 1.47 bits per heavy atom. The normalized spacial score (nSPS) is 14.7. The van der Waals surface area contributed by atoms with Gasteiger partial charge in [-0.15, -0.1) is 0 Å². The number of aromatic amines is 1. The predicted octanol–water partition coefficient (Wildman–Crippen LogP) is 1.45. The first-order valence-electron chi connectivity index (χ1n) is 6.12. The molecular formula is C13H13N5O. The van der Waals surface area contributed by atoms with Crippen LogP contribution in [0, 0.1) is 0 Å². The van der Waals surface area contributed by atoms with Crippen LogP contribution in [-0.4, -0.2) is 27.3 Å². The predicted molar refractivity (Wildman–Crippen MR) is 69.9 cm³/mol. The number of hydrogen-bond acceptors (Lipinski definition) is 4. The number of nitrogens with one attached hydrogen (secondary N) is 2. The zero-order valence-corrected chi connectivity index (χ0v) is 10.2. The highest BCUT2D eigenvalue weighted by molar-refractivity contribution is 5.93. The zero-order valence-electron chi connectivity index (χ0n) is 10.2. The monoisotopic (exact) mass is 255 g/mol. The first-order chi connectivity index (χ1) is 9.33. The van der Waals surface area contributed by atoms with E-state index in [1.807, 2.05) is 12.1 Å². The molecule has 2 aromatic heterocycles. The van der Waals surface area contributed by atoms with Crippen molar-refractivity contribution in [1.82, 2.24) is 20.6 Å². The van der Waals surface area contributed by atoms with Crippen molar-refractivity contribution in [3.63, 3.8) is 0 Å². The minimum absolute atomic E-state index is 0.324. The number of hydrazone groups is 1. The van der Waals surface area contributed by atoms with Gasteiger partial charge in [0.15, 0.2) is 5.69 Å². The molecule has 0 unspecified atom stereocenters. The van der Waals surface area contributed by atoms with E-state index in [0.717, 1.165) is 5.69 Å². The molecule has 0 spiro atoms. The number of H-pyrrole nitrogens is 1. The van der Waals surface area contributed by atoms with E-state index in [-0.39, 0.29) is 5.91 Å². The van der Waals surface area contributed by atoms with E-state index in [2.05, 4.69) is 25.7 Å². The van der Waals surface area contributed by atoms with Gasteiger partial charge in [0.05, 0.1) is 11.9 Å². The highest BCUT2D eigenvalue weighted by Crippen LogP contribution is 2.38. The van der Waals surface area contributed by atoms with Crippen molar-refractivity contribution < 1.29 is 4.79 Å². The maximum atomic E-state index is 11.8. The highest BCUT2D eigenvalue weighted by Gasteiger charge is 2.26. The van der Waals surface area contributed by atoms with Gasteiger partial charge in [0.1, 0.15) is 0 Å². The number of carbonyl (C=O) groups is 1. The second kappa shape index (κ2) is 5.01. The molecule has 0 aliphatic heterocycles. The summed E-state index contributed by atoms with van der Waals surface area (Å²) in [6.45, 7) is 0. The number of pyridine rings is 1. The van der Waals surface area contributed by atoms with Crippen molar-refractivity contribution in [1.29, 1.82) is 0 Å². The van der Waals surface area contributed by atoms with Gasteiger partial charge in [-0.05, 0) is 31.0 Å². The van der Waals surface area contributed by atoms with E-state index in [4.69, 9.17) is 0 Å². The van der Waals surface area contributed by atoms with Crippen molar-refractivity contribution in [3.8, 4) is 0 Å². The fraction of sp³-hybridized carbons (Fsp3) is 0.231. The van der Waals surface area contributed by atoms with Gasteiger partial charge in [-0.1, -0.05) is 6.07 Å². The number of carbonyl (C=O) groups excluding carboxylic acids is 1. The highest BCUT2D eigenvalue weighted by atomic mass is 16.2. The van der Waals surface area contributed by atoms with Crippen LogP contribution in [0.25, 0.3) is 0 Å². The van der Waals surface area contributed by atoms with Crippen LogP contribution in [0.15, 0.2) is 35.6 Å². The lowest BCUT2D eigenvalue weighted by molar-refractivity contribution is 0.0950. The molecule has 0 radical (unpaired) electrons. The fourth-order valence-corrected chi connectivity index (χ4v) is 1.72. The molecule has 0 bridgehead atoms. The third kappa shape index (κ3) is 2.85. The third-order valence-corrected chi connectivity index (χ3v) is 2.90. The first kappa shape index (κ1) is 11.6. The summed E-state index contributed by atoms with van der Waals surface area (Å²) in [6.07, 6.45) is 5.49. The van der Waals surface area contributed by atoms with Gasteiger partial charge in [-0.25, -0.2) is 5.43 Å². The Labute approximate surface area is 110 Å². The number of hydrogen-bond donors (Lipinski definition) is 2. The van der Waals surface area contributed by atoms with Crippen molar-refractivity contribution >= 4 is 12.1 Å². The molecular weight excluding hydrogens is 242 g/mol. The van der Waals surface area contributed by atoms with E-state index in [0.29, 0.717) is 17.3 Å². The minimum Gasteiger partial charge on any atom is -0.281 e. The average molecular weight is 255 g/mol. The molecule has 19 heavy (non-hydrogen) atoms. The lowest BCUT2D eigenvalue weighted by Gasteiger charge is -1.94. The molecule has 0 aromatic carbocycles. The maximum Gasteiger partial charge on any atom is 0.291 e. The van der Waals surface area contributed by atoms with Gasteiger partial charge in [0.2, 0.25) is 0 Å². The Hall–Kier alpha value is -2.50. The molecule has 1 saturated carbocycles. The minimum atomic E-state index is -0.324. The van der Waals surface area contributed by atoms with Crippen LogP contribution in [0.3, 0.4) is 0 Å². The van der Waals surface area contributed by atoms with Crippen LogP contribution < -0.4 is 5.43 Å². The molecule has 2 aromatic rings. The Morgan fingerprint density at radius 3 is 3.11 bits per heavy atom. The largest absolute Gasteiger partial charge is 0.291 e. The van der Waals surface area contributed by atoms with Gasteiger partial charge in [-0.2, -0.15) is 10.2 Å². The average Bonchev–Trinajstić information content (AvgIpc) is 3.17. The first-order valence-corrected chi connectivity index (χ1v) is 6.12. The van der Waals surface area contributed by atoms with Crippen LogP contribution in [0.4, 0.5) is 0 Å². The molecule has 1 aliphatic carbocycles. The van der Waals surface area contributed by atoms with Crippen LogP contribution in [0.1, 0.15) is 40.6 Å². The molecule has 6 heteroatoms. The summed E-state index contributed by atoms with van der Waals surface area (Å²) < 4.78 is 0. The van der Waals surface area contributed by atoms with Crippen LogP contribution >= 0.6 is 0 Å². The summed E-state index contributed by atoms with van der Waals surface area (Å²) in [6, 6.07) is 7.25. The summed E-state index contributed by atoms with van der Waals surface area (Å²) in [7, 11) is 0. The molecule has 0 saturated heterocycles. The third-order valence-electron chi connectivity index (χ3n) is 2.90. The van der Waals surface area contributed by atoms with Gasteiger partial charge in [0, 0.05) is 17.8 Å². The maximum absolute atomic E-state index is 11.8. The quantitative estimate of drug-likeness (QED) is 0.640. The molecule has 0 atom stereocenters. The summed E-state index contributed by atoms with van der Waals surface area (Å²) in [5.74, 6) is 0.224. The summed E-state index contributed by atoms with van der Waals surface area (Å²) >= 11 is 0. The van der Waals surface area contributed by atoms with Gasteiger partial charge >= 0.3 is 0 Å². The topological polar surface area (TPSA) is 83.0 Å². The number of rotatable bonds is 4. The molecule has 96 valence electrons. The molecule has 6 nitrogen and oxygen atoms in total. The Morgan fingerprint density at radius 2 is 2.37 bits per heavy atom. The van der Waals surface area contributed by atoms with E-state index in [9.17, 15) is 4.79 Å². The summed E-state index contributed by atoms with van der Waals surface area (Å²) in [4.78, 5) is 15.8. The van der Waals surface area contributed by atoms with E-state index in [1.54, 1.807) is 18.3 Å². The fourth-order valence-electron chi connectivity index (χ4n) is 1.72. The Balaban J connectivity index is 1.59. The van der Waals surface area contributed by atoms with Gasteiger partial charge in [-0.3, -0.25) is 14.9 Å². The SMILES string of the molecule is O=C(N/N=C\c1ccccn1)c1cc(C2CC2)[nH]n1. The van der Waals surface area contributed by atoms with E-state index >= 15 is 0 Å². The second-order valence-electron chi connectivity index (χ2n) is 4.44. The van der Waals surface area contributed by atoms with Crippen molar-refractivity contribution in [2.75, 3.05) is 0 Å². The number of aromatic nitrogens is 3. The molecule has 1 fully saturated rings. The molecule has 1 aliphatic rings. The molecule has 2 heterocycles. The summed E-state index contributed by atoms with van der Waals surface area (Å²) in [5, 5.41) is 10.7. The van der Waals surface area contributed by atoms with Gasteiger partial charge < -0.3 is 0 Å². The number of amides is 1.